The molecule has 0 fully saturated rings. The predicted molar refractivity (Wildman–Crippen MR) is 111 cm³/mol. The minimum Gasteiger partial charge on any atom is -0.348 e. The van der Waals surface area contributed by atoms with Gasteiger partial charge in [-0.1, -0.05) is 36.4 Å². The molecule has 0 aliphatic heterocycles. The molecule has 1 N–H and O–H groups in total. The van der Waals surface area contributed by atoms with Gasteiger partial charge in [0.1, 0.15) is 0 Å². The molecular weight excluding hydrogens is 332 g/mol. The van der Waals surface area contributed by atoms with Gasteiger partial charge >= 0.3 is 0 Å². The van der Waals surface area contributed by atoms with E-state index in [0.717, 1.165) is 12.2 Å². The van der Waals surface area contributed by atoms with E-state index in [-0.39, 0.29) is 6.04 Å². The first-order valence-electron chi connectivity index (χ1n) is 9.44. The number of aromatic nitrogens is 3. The molecule has 1 unspecified atom stereocenters. The van der Waals surface area contributed by atoms with Crippen molar-refractivity contribution in [2.75, 3.05) is 0 Å². The summed E-state index contributed by atoms with van der Waals surface area (Å²) in [4.78, 5) is 0. The van der Waals surface area contributed by atoms with E-state index in [1.165, 1.54) is 33.4 Å². The Morgan fingerprint density at radius 3 is 2.44 bits per heavy atom. The van der Waals surface area contributed by atoms with Gasteiger partial charge in [-0.15, -0.1) is 0 Å². The number of aryl methyl sites for hydroxylation is 1. The number of nitrogens with one attached hydrogen (secondary N) is 1. The van der Waals surface area contributed by atoms with Crippen LogP contribution >= 0.6 is 0 Å². The van der Waals surface area contributed by atoms with Crippen molar-refractivity contribution in [1.82, 2.24) is 19.7 Å². The third-order valence-corrected chi connectivity index (χ3v) is 5.63. The van der Waals surface area contributed by atoms with Crippen molar-refractivity contribution in [2.45, 2.75) is 33.4 Å². The van der Waals surface area contributed by atoms with E-state index in [1.807, 2.05) is 29.1 Å². The highest BCUT2D eigenvalue weighted by Crippen LogP contribution is 2.26. The lowest BCUT2D eigenvalue weighted by Gasteiger charge is -2.14. The lowest BCUT2D eigenvalue weighted by atomic mass is 10.1. The Morgan fingerprint density at radius 2 is 1.67 bits per heavy atom. The molecule has 0 saturated carbocycles. The third-order valence-electron chi connectivity index (χ3n) is 5.63. The van der Waals surface area contributed by atoms with Crippen LogP contribution in [-0.4, -0.2) is 14.3 Å². The molecule has 0 radical (unpaired) electrons. The first-order valence-corrected chi connectivity index (χ1v) is 9.44. The van der Waals surface area contributed by atoms with Crippen LogP contribution in [0.1, 0.15) is 35.5 Å². The maximum atomic E-state index is 4.61. The lowest BCUT2D eigenvalue weighted by molar-refractivity contribution is 0.571. The standard InChI is InChI=1S/C23H26N4/c1-16(21-15-25-27(18(21)3)19-10-6-5-7-11-19)24-14-22-17(2)26(4)23-13-9-8-12-20(22)23/h5-13,15-16,24H,14H2,1-4H3. The molecule has 2 heterocycles. The van der Waals surface area contributed by atoms with E-state index in [0.29, 0.717) is 0 Å². The van der Waals surface area contributed by atoms with E-state index in [4.69, 9.17) is 0 Å². The van der Waals surface area contributed by atoms with Gasteiger partial charge in [0.15, 0.2) is 0 Å². The zero-order valence-electron chi connectivity index (χ0n) is 16.4. The molecule has 0 amide bonds. The van der Waals surface area contributed by atoms with Gasteiger partial charge in [0.05, 0.1) is 11.9 Å². The molecule has 0 saturated heterocycles. The van der Waals surface area contributed by atoms with Gasteiger partial charge in [0.2, 0.25) is 0 Å². The number of para-hydroxylation sites is 2. The fourth-order valence-corrected chi connectivity index (χ4v) is 3.86. The highest BCUT2D eigenvalue weighted by atomic mass is 15.3. The van der Waals surface area contributed by atoms with E-state index in [9.17, 15) is 0 Å². The van der Waals surface area contributed by atoms with Gasteiger partial charge in [0, 0.05) is 47.5 Å². The zero-order valence-corrected chi connectivity index (χ0v) is 16.4. The van der Waals surface area contributed by atoms with Gasteiger partial charge in [-0.25, -0.2) is 4.68 Å². The summed E-state index contributed by atoms with van der Waals surface area (Å²) >= 11 is 0. The Morgan fingerprint density at radius 1 is 0.963 bits per heavy atom. The molecule has 0 spiro atoms. The predicted octanol–water partition coefficient (Wildman–Crippen LogP) is 4.83. The van der Waals surface area contributed by atoms with E-state index in [2.05, 4.69) is 79.2 Å². The second kappa shape index (κ2) is 7.05. The maximum absolute atomic E-state index is 4.61. The Kier molecular flexibility index (Phi) is 4.58. The molecule has 0 aliphatic carbocycles. The molecule has 4 rings (SSSR count). The van der Waals surface area contributed by atoms with Gasteiger partial charge in [0.25, 0.3) is 0 Å². The smallest absolute Gasteiger partial charge is 0.0648 e. The van der Waals surface area contributed by atoms with Crippen LogP contribution in [-0.2, 0) is 13.6 Å². The number of hydrogen-bond donors (Lipinski definition) is 1. The number of fused-ring (bicyclic) bond motifs is 1. The summed E-state index contributed by atoms with van der Waals surface area (Å²) in [7, 11) is 2.14. The summed E-state index contributed by atoms with van der Waals surface area (Å²) in [5.41, 5.74) is 7.47. The van der Waals surface area contributed by atoms with Crippen molar-refractivity contribution in [2.24, 2.45) is 7.05 Å². The summed E-state index contributed by atoms with van der Waals surface area (Å²) < 4.78 is 4.28. The monoisotopic (exact) mass is 358 g/mol. The summed E-state index contributed by atoms with van der Waals surface area (Å²) in [6.07, 6.45) is 1.98. The van der Waals surface area contributed by atoms with Crippen LogP contribution in [0.5, 0.6) is 0 Å². The molecule has 1 atom stereocenters. The molecule has 2 aromatic heterocycles. The summed E-state index contributed by atoms with van der Waals surface area (Å²) in [5.74, 6) is 0. The van der Waals surface area contributed by atoms with Gasteiger partial charge < -0.3 is 9.88 Å². The number of rotatable bonds is 5. The Balaban J connectivity index is 1.57. The van der Waals surface area contributed by atoms with Crippen molar-refractivity contribution in [1.29, 1.82) is 0 Å². The Hall–Kier alpha value is -2.85. The molecule has 4 nitrogen and oxygen atoms in total. The van der Waals surface area contributed by atoms with Crippen molar-refractivity contribution in [3.63, 3.8) is 0 Å². The van der Waals surface area contributed by atoms with Crippen LogP contribution in [0.4, 0.5) is 0 Å². The summed E-state index contributed by atoms with van der Waals surface area (Å²) in [6, 6.07) is 19.1. The lowest BCUT2D eigenvalue weighted by Crippen LogP contribution is -2.19. The van der Waals surface area contributed by atoms with Crippen LogP contribution in [0, 0.1) is 13.8 Å². The molecule has 2 aromatic carbocycles. The van der Waals surface area contributed by atoms with Crippen LogP contribution in [0.3, 0.4) is 0 Å². The fourth-order valence-electron chi connectivity index (χ4n) is 3.86. The van der Waals surface area contributed by atoms with Crippen molar-refractivity contribution in [3.8, 4) is 5.69 Å². The quantitative estimate of drug-likeness (QED) is 0.554. The second-order valence-corrected chi connectivity index (χ2v) is 7.18. The normalized spacial score (nSPS) is 12.6. The molecule has 4 heteroatoms. The SMILES string of the molecule is Cc1c(C(C)NCc2c(C)n(C)c3ccccc23)cnn1-c1ccccc1. The van der Waals surface area contributed by atoms with Gasteiger partial charge in [-0.3, -0.25) is 0 Å². The summed E-state index contributed by atoms with van der Waals surface area (Å²) in [6.45, 7) is 7.38. The highest BCUT2D eigenvalue weighted by molar-refractivity contribution is 5.85. The zero-order chi connectivity index (χ0) is 19.0. The van der Waals surface area contributed by atoms with E-state index >= 15 is 0 Å². The van der Waals surface area contributed by atoms with E-state index < -0.39 is 0 Å². The minimum absolute atomic E-state index is 0.223. The minimum atomic E-state index is 0.223. The van der Waals surface area contributed by atoms with Gasteiger partial charge in [-0.2, -0.15) is 5.10 Å². The average molecular weight is 358 g/mol. The molecule has 4 aromatic rings. The van der Waals surface area contributed by atoms with Crippen molar-refractivity contribution >= 4 is 10.9 Å². The second-order valence-electron chi connectivity index (χ2n) is 7.18. The van der Waals surface area contributed by atoms with Gasteiger partial charge in [-0.05, 0) is 44.5 Å². The van der Waals surface area contributed by atoms with Crippen LogP contribution in [0.2, 0.25) is 0 Å². The van der Waals surface area contributed by atoms with Crippen LogP contribution in [0.25, 0.3) is 16.6 Å². The number of nitrogens with zero attached hydrogens (tertiary/aromatic N) is 3. The largest absolute Gasteiger partial charge is 0.348 e. The third kappa shape index (κ3) is 3.06. The first-order chi connectivity index (χ1) is 13.1. The van der Waals surface area contributed by atoms with Crippen LogP contribution < -0.4 is 5.32 Å². The topological polar surface area (TPSA) is 34.8 Å². The molecule has 0 bridgehead atoms. The van der Waals surface area contributed by atoms with Crippen molar-refractivity contribution < 1.29 is 0 Å². The first kappa shape index (κ1) is 17.6. The average Bonchev–Trinajstić information content (AvgIpc) is 3.19. The molecule has 27 heavy (non-hydrogen) atoms. The fraction of sp³-hybridized carbons (Fsp3) is 0.261. The maximum Gasteiger partial charge on any atom is 0.0648 e. The number of benzene rings is 2. The van der Waals surface area contributed by atoms with Crippen molar-refractivity contribution in [3.05, 3.63) is 83.3 Å². The highest BCUT2D eigenvalue weighted by Gasteiger charge is 2.16. The Labute approximate surface area is 160 Å². The van der Waals surface area contributed by atoms with E-state index in [1.54, 1.807) is 0 Å². The number of hydrogen-bond acceptors (Lipinski definition) is 2. The Bertz CT molecular complexity index is 1070. The molecular formula is C23H26N4. The summed E-state index contributed by atoms with van der Waals surface area (Å²) in [5, 5.41) is 9.63. The molecule has 138 valence electrons. The van der Waals surface area contributed by atoms with Crippen LogP contribution in [0.15, 0.2) is 60.8 Å². The molecule has 0 aliphatic rings.